The number of esters is 1. The van der Waals surface area contributed by atoms with Crippen molar-refractivity contribution in [3.8, 4) is 5.75 Å². The molecule has 0 aliphatic heterocycles. The highest BCUT2D eigenvalue weighted by molar-refractivity contribution is 14.1. The third-order valence-electron chi connectivity index (χ3n) is 2.55. The molecule has 9 heteroatoms. The second kappa shape index (κ2) is 7.27. The second-order valence-corrected chi connectivity index (χ2v) is 8.80. The third-order valence-corrected chi connectivity index (χ3v) is 6.90. The van der Waals surface area contributed by atoms with E-state index in [4.69, 9.17) is 4.74 Å². The van der Waals surface area contributed by atoms with Gasteiger partial charge >= 0.3 is 5.97 Å². The summed E-state index contributed by atoms with van der Waals surface area (Å²) in [6.07, 6.45) is 0. The van der Waals surface area contributed by atoms with Crippen molar-refractivity contribution in [3.63, 3.8) is 0 Å². The Hall–Kier alpha value is 0.01000. The number of benzene rings is 2. The summed E-state index contributed by atoms with van der Waals surface area (Å²) in [6, 6.07) is 9.89. The predicted molar refractivity (Wildman–Crippen MR) is 106 cm³/mol. The van der Waals surface area contributed by atoms with Gasteiger partial charge < -0.3 is 4.74 Å². The van der Waals surface area contributed by atoms with Gasteiger partial charge in [0, 0.05) is 3.57 Å². The van der Waals surface area contributed by atoms with Crippen molar-refractivity contribution in [2.45, 2.75) is 4.90 Å². The van der Waals surface area contributed by atoms with Crippen LogP contribution in [0.15, 0.2) is 41.3 Å². The smallest absolute Gasteiger partial charge is 0.343 e. The van der Waals surface area contributed by atoms with Crippen molar-refractivity contribution in [2.75, 3.05) is 0 Å². The van der Waals surface area contributed by atoms with E-state index in [9.17, 15) is 17.8 Å². The van der Waals surface area contributed by atoms with Crippen molar-refractivity contribution in [3.05, 3.63) is 52.7 Å². The molecule has 0 fully saturated rings. The van der Waals surface area contributed by atoms with Crippen LogP contribution in [0.4, 0.5) is 0 Å². The van der Waals surface area contributed by atoms with E-state index in [2.05, 4.69) is 0 Å². The summed E-state index contributed by atoms with van der Waals surface area (Å²) in [5.74, 6) is -0.484. The van der Waals surface area contributed by atoms with Gasteiger partial charge in [-0.1, -0.05) is 18.2 Å². The molecule has 0 heterocycles. The molecule has 0 spiro atoms. The average Bonchev–Trinajstić information content (AvgIpc) is 2.42. The van der Waals surface area contributed by atoms with Crippen LogP contribution in [0.1, 0.15) is 10.4 Å². The normalized spacial score (nSPS) is 11.3. The number of ether oxygens (including phenoxy) is 1. The van der Waals surface area contributed by atoms with Crippen molar-refractivity contribution >= 4 is 83.9 Å². The molecule has 5 nitrogen and oxygen atoms in total. The zero-order valence-electron chi connectivity index (χ0n) is 10.6. The van der Waals surface area contributed by atoms with E-state index in [1.807, 2.05) is 45.2 Å². The summed E-state index contributed by atoms with van der Waals surface area (Å²) in [6.45, 7) is 0. The Morgan fingerprint density at radius 3 is 2.18 bits per heavy atom. The Labute approximate surface area is 168 Å². The SMILES string of the molecule is O=C(Oc1c(I)cc(I)c(S(=O)(=O)O)c1I)c1ccccc1. The third kappa shape index (κ3) is 4.10. The largest absolute Gasteiger partial charge is 0.421 e. The molecule has 1 N–H and O–H groups in total. The molecule has 0 aliphatic rings. The van der Waals surface area contributed by atoms with Gasteiger partial charge in [-0.05, 0) is 86.0 Å². The minimum Gasteiger partial charge on any atom is -0.421 e. The van der Waals surface area contributed by atoms with Crippen molar-refractivity contribution in [1.29, 1.82) is 0 Å². The molecule has 0 radical (unpaired) electrons. The molecule has 0 atom stereocenters. The van der Waals surface area contributed by atoms with Gasteiger partial charge in [-0.25, -0.2) is 4.79 Å². The molecule has 0 saturated carbocycles. The molecular weight excluding hydrogens is 649 g/mol. The molecule has 0 saturated heterocycles. The van der Waals surface area contributed by atoms with Crippen LogP contribution in [0, 0.1) is 10.7 Å². The Morgan fingerprint density at radius 2 is 1.64 bits per heavy atom. The molecule has 2 aromatic carbocycles. The van der Waals surface area contributed by atoms with E-state index >= 15 is 0 Å². The minimum absolute atomic E-state index is 0.114. The molecule has 2 rings (SSSR count). The highest BCUT2D eigenvalue weighted by Crippen LogP contribution is 2.36. The Balaban J connectivity index is 2.51. The van der Waals surface area contributed by atoms with Crippen LogP contribution in [0.2, 0.25) is 0 Å². The first-order valence-corrected chi connectivity index (χ1v) is 10.3. The van der Waals surface area contributed by atoms with Gasteiger partial charge in [0.1, 0.15) is 4.90 Å². The maximum absolute atomic E-state index is 12.1. The fourth-order valence-electron chi connectivity index (χ4n) is 1.61. The first kappa shape index (κ1) is 18.4. The summed E-state index contributed by atoms with van der Waals surface area (Å²) in [5, 5.41) is 0. The van der Waals surface area contributed by atoms with Crippen LogP contribution in [0.25, 0.3) is 0 Å². The van der Waals surface area contributed by atoms with Crippen LogP contribution >= 0.6 is 67.8 Å². The highest BCUT2D eigenvalue weighted by atomic mass is 127. The van der Waals surface area contributed by atoms with E-state index < -0.39 is 16.1 Å². The monoisotopic (exact) mass is 656 g/mol. The van der Waals surface area contributed by atoms with E-state index in [0.717, 1.165) is 0 Å². The molecule has 2 aromatic rings. The summed E-state index contributed by atoms with van der Waals surface area (Å²) >= 11 is 5.50. The zero-order valence-corrected chi connectivity index (χ0v) is 17.9. The lowest BCUT2D eigenvalue weighted by atomic mass is 10.2. The summed E-state index contributed by atoms with van der Waals surface area (Å²) in [7, 11) is -4.41. The van der Waals surface area contributed by atoms with E-state index in [1.54, 1.807) is 52.9 Å². The van der Waals surface area contributed by atoms with Gasteiger partial charge in [-0.15, -0.1) is 0 Å². The second-order valence-electron chi connectivity index (χ2n) is 4.04. The number of carbonyl (C=O) groups is 1. The van der Waals surface area contributed by atoms with E-state index in [1.165, 1.54) is 6.07 Å². The fourth-order valence-corrected chi connectivity index (χ4v) is 7.50. The maximum atomic E-state index is 12.1. The van der Waals surface area contributed by atoms with Crippen molar-refractivity contribution in [1.82, 2.24) is 0 Å². The van der Waals surface area contributed by atoms with Gasteiger partial charge in [0.2, 0.25) is 0 Å². The average molecular weight is 656 g/mol. The Morgan fingerprint density at radius 1 is 1.05 bits per heavy atom. The van der Waals surface area contributed by atoms with Crippen molar-refractivity contribution < 1.29 is 22.5 Å². The molecule has 0 aliphatic carbocycles. The number of hydrogen-bond acceptors (Lipinski definition) is 4. The van der Waals surface area contributed by atoms with Crippen molar-refractivity contribution in [2.24, 2.45) is 0 Å². The molecule has 0 aromatic heterocycles. The summed E-state index contributed by atoms with van der Waals surface area (Å²) in [4.78, 5) is 11.9. The molecule has 0 unspecified atom stereocenters. The Kier molecular flexibility index (Phi) is 6.07. The molecule has 22 heavy (non-hydrogen) atoms. The van der Waals surface area contributed by atoms with Gasteiger partial charge in [0.05, 0.1) is 12.7 Å². The van der Waals surface area contributed by atoms with Crippen LogP contribution in [-0.2, 0) is 10.1 Å². The summed E-state index contributed by atoms with van der Waals surface area (Å²) in [5.41, 5.74) is 0.348. The lowest BCUT2D eigenvalue weighted by molar-refractivity contribution is 0.0731. The lowest BCUT2D eigenvalue weighted by Crippen LogP contribution is -2.13. The predicted octanol–water partition coefficient (Wildman–Crippen LogP) is 3.97. The quantitative estimate of drug-likeness (QED) is 0.235. The van der Waals surface area contributed by atoms with Gasteiger partial charge in [-0.3, -0.25) is 4.55 Å². The minimum atomic E-state index is -4.41. The van der Waals surface area contributed by atoms with Crippen LogP contribution in [0.5, 0.6) is 5.75 Å². The van der Waals surface area contributed by atoms with Gasteiger partial charge in [0.25, 0.3) is 10.1 Å². The highest BCUT2D eigenvalue weighted by Gasteiger charge is 2.25. The number of rotatable bonds is 3. The van der Waals surface area contributed by atoms with Gasteiger partial charge in [-0.2, -0.15) is 8.42 Å². The Bertz CT molecular complexity index is 834. The topological polar surface area (TPSA) is 80.7 Å². The van der Waals surface area contributed by atoms with E-state index in [0.29, 0.717) is 12.7 Å². The standard InChI is InChI=1S/C13H7I3O5S/c14-8-6-9(15)12(22(18,19)20)10(16)11(8)21-13(17)7-4-2-1-3-5-7/h1-6H,(H,18,19,20). The maximum Gasteiger partial charge on any atom is 0.343 e. The zero-order chi connectivity index (χ0) is 16.5. The lowest BCUT2D eigenvalue weighted by Gasteiger charge is -2.12. The molecule has 0 amide bonds. The first-order valence-electron chi connectivity index (χ1n) is 5.64. The first-order chi connectivity index (χ1) is 10.2. The van der Waals surface area contributed by atoms with E-state index in [-0.39, 0.29) is 14.2 Å². The summed E-state index contributed by atoms with van der Waals surface area (Å²) < 4.78 is 38.7. The molecular formula is C13H7I3O5S. The number of carbonyl (C=O) groups excluding carboxylic acids is 1. The van der Waals surface area contributed by atoms with Gasteiger partial charge in [0.15, 0.2) is 5.75 Å². The fraction of sp³-hybridized carbons (Fsp3) is 0. The number of hydrogen-bond donors (Lipinski definition) is 1. The van der Waals surface area contributed by atoms with Crippen LogP contribution in [0.3, 0.4) is 0 Å². The molecule has 0 bridgehead atoms. The van der Waals surface area contributed by atoms with Crippen LogP contribution in [-0.4, -0.2) is 18.9 Å². The van der Waals surface area contributed by atoms with Crippen LogP contribution < -0.4 is 4.74 Å². The number of halogens is 3. The molecule has 116 valence electrons.